The molecule has 2 aromatic rings. The summed E-state index contributed by atoms with van der Waals surface area (Å²) in [5, 5.41) is 6.97. The Morgan fingerprint density at radius 2 is 2.00 bits per heavy atom. The van der Waals surface area contributed by atoms with Crippen molar-refractivity contribution in [3.8, 4) is 0 Å². The van der Waals surface area contributed by atoms with E-state index in [1.165, 1.54) is 15.3 Å². The summed E-state index contributed by atoms with van der Waals surface area (Å²) >= 11 is 1.86. The van der Waals surface area contributed by atoms with Gasteiger partial charge < -0.3 is 20.4 Å². The molecule has 1 aliphatic heterocycles. The van der Waals surface area contributed by atoms with Gasteiger partial charge in [-0.3, -0.25) is 4.99 Å². The summed E-state index contributed by atoms with van der Waals surface area (Å²) in [7, 11) is 3.99. The van der Waals surface area contributed by atoms with E-state index in [0.29, 0.717) is 12.6 Å². The first kappa shape index (κ1) is 23.9. The molecule has 2 N–H and O–H groups in total. The number of piperazine rings is 1. The van der Waals surface area contributed by atoms with Gasteiger partial charge in [0.25, 0.3) is 0 Å². The lowest BCUT2D eigenvalue weighted by Gasteiger charge is -2.34. The molecule has 0 radical (unpaired) electrons. The van der Waals surface area contributed by atoms with Crippen molar-refractivity contribution in [3.05, 3.63) is 45.8 Å². The van der Waals surface area contributed by atoms with Crippen LogP contribution in [0, 0.1) is 6.92 Å². The third-order valence-electron chi connectivity index (χ3n) is 5.03. The molecular formula is C21H33IN6S. The maximum Gasteiger partial charge on any atom is 0.191 e. The number of likely N-dealkylation sites (N-methyl/N-ethyl adjacent to an activating group) is 1. The van der Waals surface area contributed by atoms with Crippen LogP contribution in [-0.4, -0.2) is 62.2 Å². The van der Waals surface area contributed by atoms with Crippen LogP contribution in [0.2, 0.25) is 0 Å². The van der Waals surface area contributed by atoms with Gasteiger partial charge in [-0.05, 0) is 39.1 Å². The second kappa shape index (κ2) is 11.7. The summed E-state index contributed by atoms with van der Waals surface area (Å²) in [5.74, 6) is 1.91. The number of aryl methyl sites for hydroxylation is 1. The zero-order chi connectivity index (χ0) is 19.9. The van der Waals surface area contributed by atoms with Crippen molar-refractivity contribution >= 4 is 47.1 Å². The lowest BCUT2D eigenvalue weighted by atomic mass is 10.2. The van der Waals surface area contributed by atoms with E-state index in [9.17, 15) is 0 Å². The Hall–Kier alpha value is -1.39. The second-order valence-electron chi connectivity index (χ2n) is 7.46. The quantitative estimate of drug-likeness (QED) is 0.343. The van der Waals surface area contributed by atoms with Gasteiger partial charge in [0.05, 0.1) is 0 Å². The monoisotopic (exact) mass is 528 g/mol. The van der Waals surface area contributed by atoms with Crippen LogP contribution in [-0.2, 0) is 13.0 Å². The van der Waals surface area contributed by atoms with E-state index in [4.69, 9.17) is 0 Å². The number of pyridine rings is 1. The number of aliphatic imine (C=N–C) groups is 1. The Morgan fingerprint density at radius 3 is 2.66 bits per heavy atom. The van der Waals surface area contributed by atoms with Crippen molar-refractivity contribution < 1.29 is 0 Å². The van der Waals surface area contributed by atoms with Crippen LogP contribution in [0.3, 0.4) is 0 Å². The molecule has 0 aromatic carbocycles. The van der Waals surface area contributed by atoms with E-state index >= 15 is 0 Å². The third-order valence-corrected chi connectivity index (χ3v) is 6.05. The fourth-order valence-corrected chi connectivity index (χ4v) is 4.44. The van der Waals surface area contributed by atoms with Crippen molar-refractivity contribution in [1.29, 1.82) is 0 Å². The smallest absolute Gasteiger partial charge is 0.191 e. The average molecular weight is 529 g/mol. The number of nitrogens with zero attached hydrogens (tertiary/aromatic N) is 4. The van der Waals surface area contributed by atoms with Crippen molar-refractivity contribution in [2.75, 3.05) is 45.2 Å². The molecule has 6 nitrogen and oxygen atoms in total. The molecule has 29 heavy (non-hydrogen) atoms. The molecule has 0 aliphatic carbocycles. The van der Waals surface area contributed by atoms with Gasteiger partial charge in [-0.2, -0.15) is 0 Å². The van der Waals surface area contributed by atoms with Crippen LogP contribution in [0.5, 0.6) is 0 Å². The number of guanidine groups is 1. The summed E-state index contributed by atoms with van der Waals surface area (Å²) in [6, 6.07) is 8.87. The highest BCUT2D eigenvalue weighted by Crippen LogP contribution is 2.19. The fourth-order valence-electron chi connectivity index (χ4n) is 3.43. The van der Waals surface area contributed by atoms with E-state index in [1.54, 1.807) is 0 Å². The maximum atomic E-state index is 4.66. The Balaban J connectivity index is 0.00000300. The van der Waals surface area contributed by atoms with Crippen LogP contribution in [0.25, 0.3) is 0 Å². The van der Waals surface area contributed by atoms with Crippen LogP contribution in [0.1, 0.15) is 22.2 Å². The number of anilines is 1. The normalized spacial score (nSPS) is 16.3. The highest BCUT2D eigenvalue weighted by Gasteiger charge is 2.18. The molecule has 3 rings (SSSR count). The van der Waals surface area contributed by atoms with Gasteiger partial charge in [0.1, 0.15) is 5.82 Å². The third kappa shape index (κ3) is 7.11. The highest BCUT2D eigenvalue weighted by molar-refractivity contribution is 14.0. The minimum absolute atomic E-state index is 0. The van der Waals surface area contributed by atoms with Gasteiger partial charge in [-0.15, -0.1) is 35.3 Å². The van der Waals surface area contributed by atoms with E-state index in [-0.39, 0.29) is 24.0 Å². The molecule has 0 saturated carbocycles. The maximum absolute atomic E-state index is 4.66. The lowest BCUT2D eigenvalue weighted by molar-refractivity contribution is 0.312. The Morgan fingerprint density at radius 1 is 1.24 bits per heavy atom. The van der Waals surface area contributed by atoms with Crippen LogP contribution in [0.4, 0.5) is 5.82 Å². The molecule has 2 aromatic heterocycles. The molecule has 0 bridgehead atoms. The predicted molar refractivity (Wildman–Crippen MR) is 135 cm³/mol. The van der Waals surface area contributed by atoms with Gasteiger partial charge in [0, 0.05) is 73.7 Å². The Labute approximate surface area is 195 Å². The first-order valence-corrected chi connectivity index (χ1v) is 10.8. The van der Waals surface area contributed by atoms with Crippen molar-refractivity contribution in [2.45, 2.75) is 32.9 Å². The Kier molecular flexibility index (Phi) is 9.64. The number of hydrogen-bond acceptors (Lipinski definition) is 5. The van der Waals surface area contributed by atoms with Gasteiger partial charge in [0.15, 0.2) is 5.96 Å². The molecule has 1 fully saturated rings. The first-order valence-electron chi connectivity index (χ1n) is 9.95. The van der Waals surface area contributed by atoms with E-state index in [2.05, 4.69) is 69.5 Å². The van der Waals surface area contributed by atoms with E-state index < -0.39 is 0 Å². The van der Waals surface area contributed by atoms with Gasteiger partial charge in [0.2, 0.25) is 0 Å². The number of hydrogen-bond donors (Lipinski definition) is 2. The van der Waals surface area contributed by atoms with Crippen LogP contribution >= 0.6 is 35.3 Å². The van der Waals surface area contributed by atoms with Crippen LogP contribution < -0.4 is 15.5 Å². The largest absolute Gasteiger partial charge is 0.354 e. The number of thiophene rings is 1. The molecule has 0 amide bonds. The number of halogens is 1. The minimum atomic E-state index is 0. The summed E-state index contributed by atoms with van der Waals surface area (Å²) in [5.41, 5.74) is 1.21. The summed E-state index contributed by atoms with van der Waals surface area (Å²) < 4.78 is 0. The molecule has 1 atom stereocenters. The van der Waals surface area contributed by atoms with Crippen molar-refractivity contribution in [3.63, 3.8) is 0 Å². The molecule has 3 heterocycles. The van der Waals surface area contributed by atoms with Crippen LogP contribution in [0.15, 0.2) is 35.5 Å². The summed E-state index contributed by atoms with van der Waals surface area (Å²) in [6.07, 6.45) is 2.88. The minimum Gasteiger partial charge on any atom is -0.354 e. The van der Waals surface area contributed by atoms with Gasteiger partial charge >= 0.3 is 0 Å². The van der Waals surface area contributed by atoms with E-state index in [0.717, 1.165) is 44.4 Å². The summed E-state index contributed by atoms with van der Waals surface area (Å²) in [4.78, 5) is 16.6. The van der Waals surface area contributed by atoms with Gasteiger partial charge in [-0.25, -0.2) is 4.98 Å². The lowest BCUT2D eigenvalue weighted by Crippen LogP contribution is -2.46. The number of aromatic nitrogens is 1. The van der Waals surface area contributed by atoms with E-state index in [1.807, 2.05) is 30.6 Å². The zero-order valence-corrected chi connectivity index (χ0v) is 21.0. The zero-order valence-electron chi connectivity index (χ0n) is 17.8. The molecule has 160 valence electrons. The first-order chi connectivity index (χ1) is 13.5. The second-order valence-corrected chi connectivity index (χ2v) is 8.84. The topological polar surface area (TPSA) is 55.8 Å². The number of rotatable bonds is 6. The predicted octanol–water partition coefficient (Wildman–Crippen LogP) is 3.12. The van der Waals surface area contributed by atoms with Crippen molar-refractivity contribution in [1.82, 2.24) is 20.5 Å². The SMILES string of the molecule is CN=C(NCc1cccnc1N1CCN(C)CC1)NC(C)Cc1ccc(C)s1.I. The standard InChI is InChI=1S/C21H32N6S.HI/c1-16(14-19-8-7-17(2)28-19)25-21(22-3)24-15-18-6-5-9-23-20(18)27-12-10-26(4)11-13-27;/h5-9,16H,10-15H2,1-4H3,(H2,22,24,25);1H. The molecule has 1 unspecified atom stereocenters. The molecule has 1 saturated heterocycles. The van der Waals surface area contributed by atoms with Gasteiger partial charge in [-0.1, -0.05) is 6.07 Å². The average Bonchev–Trinajstić information content (AvgIpc) is 3.10. The van der Waals surface area contributed by atoms with Crippen molar-refractivity contribution in [2.24, 2.45) is 4.99 Å². The molecule has 1 aliphatic rings. The molecule has 0 spiro atoms. The fraction of sp³-hybridized carbons (Fsp3) is 0.524. The summed E-state index contributed by atoms with van der Waals surface area (Å²) in [6.45, 7) is 9.24. The highest BCUT2D eigenvalue weighted by atomic mass is 127. The molecular weight excluding hydrogens is 495 g/mol. The Bertz CT molecular complexity index is 785. The number of nitrogens with one attached hydrogen (secondary N) is 2. The molecule has 8 heteroatoms.